The van der Waals surface area contributed by atoms with Gasteiger partial charge in [0, 0.05) is 23.4 Å². The van der Waals surface area contributed by atoms with E-state index >= 15 is 0 Å². The molecule has 1 aliphatic heterocycles. The SMILES string of the molecule is CCCNCC1CCc2nc(C3CSCCO3)ncc2C1. The molecule has 4 nitrogen and oxygen atoms in total. The Morgan fingerprint density at radius 1 is 1.48 bits per heavy atom. The summed E-state index contributed by atoms with van der Waals surface area (Å²) in [4.78, 5) is 9.37. The number of nitrogens with one attached hydrogen (secondary N) is 1. The summed E-state index contributed by atoms with van der Waals surface area (Å²) in [6, 6.07) is 0. The topological polar surface area (TPSA) is 47.0 Å². The lowest BCUT2D eigenvalue weighted by molar-refractivity contribution is 0.0691. The van der Waals surface area contributed by atoms with Gasteiger partial charge in [0.2, 0.25) is 0 Å². The third-order valence-corrected chi connectivity index (χ3v) is 5.23. The molecule has 1 aromatic heterocycles. The highest BCUT2D eigenvalue weighted by Crippen LogP contribution is 2.28. The van der Waals surface area contributed by atoms with Crippen LogP contribution in [0.15, 0.2) is 6.20 Å². The molecule has 0 spiro atoms. The first-order valence-electron chi connectivity index (χ1n) is 8.11. The maximum absolute atomic E-state index is 5.79. The van der Waals surface area contributed by atoms with Gasteiger partial charge in [-0.05, 0) is 50.3 Å². The molecule has 0 amide bonds. The monoisotopic (exact) mass is 307 g/mol. The molecular weight excluding hydrogens is 282 g/mol. The number of ether oxygens (including phenoxy) is 1. The Morgan fingerprint density at radius 3 is 3.24 bits per heavy atom. The van der Waals surface area contributed by atoms with E-state index in [0.29, 0.717) is 0 Å². The highest BCUT2D eigenvalue weighted by atomic mass is 32.2. The molecule has 3 rings (SSSR count). The third kappa shape index (κ3) is 3.96. The highest BCUT2D eigenvalue weighted by Gasteiger charge is 2.24. The van der Waals surface area contributed by atoms with Crippen LogP contribution in [0.2, 0.25) is 0 Å². The summed E-state index contributed by atoms with van der Waals surface area (Å²) in [5.41, 5.74) is 2.60. The molecule has 0 saturated carbocycles. The molecule has 1 aliphatic carbocycles. The molecule has 2 atom stereocenters. The van der Waals surface area contributed by atoms with Gasteiger partial charge in [-0.3, -0.25) is 0 Å². The quantitative estimate of drug-likeness (QED) is 0.846. The first-order valence-corrected chi connectivity index (χ1v) is 9.27. The van der Waals surface area contributed by atoms with Crippen molar-refractivity contribution in [1.29, 1.82) is 0 Å². The van der Waals surface area contributed by atoms with Crippen molar-refractivity contribution >= 4 is 11.8 Å². The highest BCUT2D eigenvalue weighted by molar-refractivity contribution is 7.99. The average Bonchev–Trinajstić information content (AvgIpc) is 2.55. The first kappa shape index (κ1) is 15.3. The maximum atomic E-state index is 5.79. The van der Waals surface area contributed by atoms with Crippen LogP contribution in [0.1, 0.15) is 43.0 Å². The van der Waals surface area contributed by atoms with Crippen molar-refractivity contribution in [3.8, 4) is 0 Å². The lowest BCUT2D eigenvalue weighted by Gasteiger charge is -2.26. The largest absolute Gasteiger partial charge is 0.368 e. The zero-order chi connectivity index (χ0) is 14.5. The second-order valence-corrected chi connectivity index (χ2v) is 7.10. The predicted molar refractivity (Wildman–Crippen MR) is 86.7 cm³/mol. The number of fused-ring (bicyclic) bond motifs is 1. The molecule has 0 radical (unpaired) electrons. The molecule has 0 aromatic carbocycles. The van der Waals surface area contributed by atoms with Gasteiger partial charge in [0.25, 0.3) is 0 Å². The van der Waals surface area contributed by atoms with Crippen molar-refractivity contribution in [3.05, 3.63) is 23.3 Å². The Bertz CT molecular complexity index is 463. The van der Waals surface area contributed by atoms with E-state index in [0.717, 1.165) is 55.8 Å². The molecule has 1 fully saturated rings. The molecule has 5 heteroatoms. The van der Waals surface area contributed by atoms with Gasteiger partial charge in [-0.25, -0.2) is 9.97 Å². The first-order chi connectivity index (χ1) is 10.4. The zero-order valence-corrected chi connectivity index (χ0v) is 13.6. The molecule has 0 bridgehead atoms. The molecular formula is C16H25N3OS. The van der Waals surface area contributed by atoms with Gasteiger partial charge in [0.05, 0.1) is 6.61 Å². The number of hydrogen-bond donors (Lipinski definition) is 1. The van der Waals surface area contributed by atoms with Crippen molar-refractivity contribution in [2.75, 3.05) is 31.2 Å². The number of nitrogens with zero attached hydrogens (tertiary/aromatic N) is 2. The Labute approximate surface area is 131 Å². The number of aryl methyl sites for hydroxylation is 1. The molecule has 21 heavy (non-hydrogen) atoms. The fourth-order valence-electron chi connectivity index (χ4n) is 3.05. The van der Waals surface area contributed by atoms with Crippen molar-refractivity contribution in [2.24, 2.45) is 5.92 Å². The standard InChI is InChI=1S/C16H25N3OS/c1-2-5-17-9-12-3-4-14-13(8-12)10-18-16(19-14)15-11-21-7-6-20-15/h10,12,15,17H,2-9,11H2,1H3. The van der Waals surface area contributed by atoms with E-state index in [9.17, 15) is 0 Å². The smallest absolute Gasteiger partial charge is 0.158 e. The second kappa shape index (κ2) is 7.56. The van der Waals surface area contributed by atoms with Crippen LogP contribution in [-0.2, 0) is 17.6 Å². The molecule has 1 aromatic rings. The summed E-state index contributed by atoms with van der Waals surface area (Å²) in [6.07, 6.45) is 6.79. The fourth-order valence-corrected chi connectivity index (χ4v) is 3.89. The van der Waals surface area contributed by atoms with E-state index in [-0.39, 0.29) is 6.10 Å². The van der Waals surface area contributed by atoms with Crippen LogP contribution in [0.25, 0.3) is 0 Å². The molecule has 1 N–H and O–H groups in total. The molecule has 1 saturated heterocycles. The Kier molecular flexibility index (Phi) is 5.49. The van der Waals surface area contributed by atoms with Gasteiger partial charge >= 0.3 is 0 Å². The minimum atomic E-state index is 0.0954. The van der Waals surface area contributed by atoms with Crippen LogP contribution in [0.5, 0.6) is 0 Å². The van der Waals surface area contributed by atoms with Gasteiger partial charge in [0.15, 0.2) is 5.82 Å². The molecule has 116 valence electrons. The number of aromatic nitrogens is 2. The van der Waals surface area contributed by atoms with Crippen LogP contribution < -0.4 is 5.32 Å². The summed E-state index contributed by atoms with van der Waals surface area (Å²) >= 11 is 1.93. The van der Waals surface area contributed by atoms with E-state index in [2.05, 4.69) is 17.2 Å². The van der Waals surface area contributed by atoms with Gasteiger partial charge in [-0.1, -0.05) is 6.92 Å². The van der Waals surface area contributed by atoms with E-state index in [1.54, 1.807) is 0 Å². The van der Waals surface area contributed by atoms with E-state index < -0.39 is 0 Å². The normalized spacial score (nSPS) is 25.6. The number of rotatable bonds is 5. The van der Waals surface area contributed by atoms with E-state index in [1.807, 2.05) is 18.0 Å². The lowest BCUT2D eigenvalue weighted by Crippen LogP contribution is -2.29. The van der Waals surface area contributed by atoms with Gasteiger partial charge < -0.3 is 10.1 Å². The van der Waals surface area contributed by atoms with Crippen LogP contribution in [-0.4, -0.2) is 41.2 Å². The second-order valence-electron chi connectivity index (χ2n) is 5.95. The van der Waals surface area contributed by atoms with Crippen LogP contribution >= 0.6 is 11.8 Å². The third-order valence-electron chi connectivity index (χ3n) is 4.23. The fraction of sp³-hybridized carbons (Fsp3) is 0.750. The summed E-state index contributed by atoms with van der Waals surface area (Å²) < 4.78 is 5.79. The predicted octanol–water partition coefficient (Wildman–Crippen LogP) is 2.39. The van der Waals surface area contributed by atoms with Crippen LogP contribution in [0.3, 0.4) is 0 Å². The van der Waals surface area contributed by atoms with Gasteiger partial charge in [0.1, 0.15) is 6.10 Å². The average molecular weight is 307 g/mol. The van der Waals surface area contributed by atoms with Crippen molar-refractivity contribution in [3.63, 3.8) is 0 Å². The van der Waals surface area contributed by atoms with Crippen molar-refractivity contribution < 1.29 is 4.74 Å². The molecule has 2 aliphatic rings. The van der Waals surface area contributed by atoms with Gasteiger partial charge in [-0.2, -0.15) is 11.8 Å². The summed E-state index contributed by atoms with van der Waals surface area (Å²) in [6.45, 7) is 5.28. The molecule has 2 heterocycles. The number of hydrogen-bond acceptors (Lipinski definition) is 5. The van der Waals surface area contributed by atoms with E-state index in [1.165, 1.54) is 24.1 Å². The van der Waals surface area contributed by atoms with Crippen molar-refractivity contribution in [1.82, 2.24) is 15.3 Å². The van der Waals surface area contributed by atoms with Crippen molar-refractivity contribution in [2.45, 2.75) is 38.7 Å². The number of thioether (sulfide) groups is 1. The zero-order valence-electron chi connectivity index (χ0n) is 12.8. The summed E-state index contributed by atoms with van der Waals surface area (Å²) in [5.74, 6) is 3.71. The van der Waals surface area contributed by atoms with Gasteiger partial charge in [-0.15, -0.1) is 0 Å². The van der Waals surface area contributed by atoms with Crippen LogP contribution in [0, 0.1) is 5.92 Å². The van der Waals surface area contributed by atoms with E-state index in [4.69, 9.17) is 9.72 Å². The minimum absolute atomic E-state index is 0.0954. The molecule has 2 unspecified atom stereocenters. The Balaban J connectivity index is 1.62. The summed E-state index contributed by atoms with van der Waals surface area (Å²) in [7, 11) is 0. The summed E-state index contributed by atoms with van der Waals surface area (Å²) in [5, 5.41) is 3.54. The maximum Gasteiger partial charge on any atom is 0.158 e. The van der Waals surface area contributed by atoms with Crippen LogP contribution in [0.4, 0.5) is 0 Å². The Morgan fingerprint density at radius 2 is 2.43 bits per heavy atom. The minimum Gasteiger partial charge on any atom is -0.368 e. The lowest BCUT2D eigenvalue weighted by atomic mass is 9.87. The Hall–Kier alpha value is -0.650.